The van der Waals surface area contributed by atoms with Crippen LogP contribution >= 0.6 is 11.3 Å². The Hall–Kier alpha value is -2.59. The smallest absolute Gasteiger partial charge is 0.410 e. The number of nitrogens with one attached hydrogen (secondary N) is 1. The molecular weight excluding hydrogens is 462 g/mol. The van der Waals surface area contributed by atoms with E-state index in [1.165, 1.54) is 6.07 Å². The number of carbonyl (C=O) groups is 2. The first kappa shape index (κ1) is 25.0. The predicted molar refractivity (Wildman–Crippen MR) is 129 cm³/mol. The van der Waals surface area contributed by atoms with Crippen LogP contribution in [0.2, 0.25) is 0 Å². The zero-order valence-electron chi connectivity index (χ0n) is 19.4. The van der Waals surface area contributed by atoms with Gasteiger partial charge in [-0.3, -0.25) is 9.52 Å². The molecule has 1 aromatic carbocycles. The molecule has 2 aromatic rings. The summed E-state index contributed by atoms with van der Waals surface area (Å²) < 4.78 is 33.2. The molecule has 1 atom stereocenters. The molecule has 2 amide bonds. The van der Waals surface area contributed by atoms with E-state index in [9.17, 15) is 18.0 Å². The van der Waals surface area contributed by atoms with E-state index < -0.39 is 15.6 Å². The molecule has 33 heavy (non-hydrogen) atoms. The van der Waals surface area contributed by atoms with Crippen molar-refractivity contribution in [3.8, 4) is 0 Å². The number of sulfonamides is 1. The molecule has 0 spiro atoms. The Balaban J connectivity index is 1.64. The summed E-state index contributed by atoms with van der Waals surface area (Å²) in [5.41, 5.74) is 0.200. The lowest BCUT2D eigenvalue weighted by atomic mass is 9.97. The van der Waals surface area contributed by atoms with Crippen molar-refractivity contribution in [2.45, 2.75) is 43.4 Å². The molecule has 1 N–H and O–H groups in total. The van der Waals surface area contributed by atoms with Crippen molar-refractivity contribution in [2.75, 3.05) is 31.4 Å². The molecule has 10 heteroatoms. The number of hydrogen-bond donors (Lipinski definition) is 1. The highest BCUT2D eigenvalue weighted by Gasteiger charge is 2.28. The molecule has 0 radical (unpaired) electrons. The Morgan fingerprint density at radius 2 is 2.00 bits per heavy atom. The van der Waals surface area contributed by atoms with E-state index in [-0.39, 0.29) is 22.1 Å². The Morgan fingerprint density at radius 3 is 2.67 bits per heavy atom. The molecule has 1 fully saturated rings. The molecule has 1 unspecified atom stereocenters. The largest absolute Gasteiger partial charge is 0.444 e. The van der Waals surface area contributed by atoms with Crippen LogP contribution in [0.15, 0.2) is 46.0 Å². The maximum atomic E-state index is 13.1. The Morgan fingerprint density at radius 1 is 1.24 bits per heavy atom. The van der Waals surface area contributed by atoms with Gasteiger partial charge >= 0.3 is 6.09 Å². The van der Waals surface area contributed by atoms with Gasteiger partial charge in [0.1, 0.15) is 9.81 Å². The minimum absolute atomic E-state index is 0.140. The van der Waals surface area contributed by atoms with Crippen LogP contribution in [0, 0.1) is 5.92 Å². The Kier molecular flexibility index (Phi) is 7.69. The van der Waals surface area contributed by atoms with E-state index in [0.29, 0.717) is 30.9 Å². The van der Waals surface area contributed by atoms with Gasteiger partial charge in [-0.1, -0.05) is 12.1 Å². The maximum Gasteiger partial charge on any atom is 0.410 e. The van der Waals surface area contributed by atoms with Crippen molar-refractivity contribution in [2.24, 2.45) is 5.92 Å². The van der Waals surface area contributed by atoms with Crippen LogP contribution in [0.4, 0.5) is 10.5 Å². The summed E-state index contributed by atoms with van der Waals surface area (Å²) in [7, 11) is -1.98. The molecule has 0 bridgehead atoms. The highest BCUT2D eigenvalue weighted by molar-refractivity contribution is 7.94. The molecular formula is C23H31N3O5S2. The molecule has 0 saturated carbocycles. The Labute approximate surface area is 199 Å². The highest BCUT2D eigenvalue weighted by Crippen LogP contribution is 2.23. The monoisotopic (exact) mass is 493 g/mol. The van der Waals surface area contributed by atoms with Crippen molar-refractivity contribution < 1.29 is 22.7 Å². The quantitative estimate of drug-likeness (QED) is 0.648. The van der Waals surface area contributed by atoms with Crippen LogP contribution in [0.25, 0.3) is 0 Å². The molecule has 1 aliphatic heterocycles. The maximum absolute atomic E-state index is 13.1. The van der Waals surface area contributed by atoms with Gasteiger partial charge in [0, 0.05) is 37.9 Å². The van der Waals surface area contributed by atoms with Gasteiger partial charge in [-0.25, -0.2) is 13.2 Å². The number of piperidine rings is 1. The fraction of sp³-hybridized carbons (Fsp3) is 0.478. The normalized spacial score (nSPS) is 16.8. The van der Waals surface area contributed by atoms with E-state index >= 15 is 0 Å². The van der Waals surface area contributed by atoms with Crippen LogP contribution in [0.5, 0.6) is 0 Å². The number of amides is 2. The lowest BCUT2D eigenvalue weighted by Crippen LogP contribution is -2.45. The second-order valence-corrected chi connectivity index (χ2v) is 12.1. The van der Waals surface area contributed by atoms with E-state index in [1.807, 2.05) is 20.8 Å². The van der Waals surface area contributed by atoms with E-state index in [4.69, 9.17) is 4.74 Å². The predicted octanol–water partition coefficient (Wildman–Crippen LogP) is 4.27. The van der Waals surface area contributed by atoms with Gasteiger partial charge in [0.2, 0.25) is 0 Å². The molecule has 2 heterocycles. The highest BCUT2D eigenvalue weighted by atomic mass is 32.2. The van der Waals surface area contributed by atoms with Crippen LogP contribution in [0.3, 0.4) is 0 Å². The summed E-state index contributed by atoms with van der Waals surface area (Å²) in [6.45, 7) is 7.13. The van der Waals surface area contributed by atoms with E-state index in [1.54, 1.807) is 52.6 Å². The van der Waals surface area contributed by atoms with Crippen LogP contribution in [0.1, 0.15) is 44.0 Å². The number of hydrogen-bond acceptors (Lipinski definition) is 6. The molecule has 1 saturated heterocycles. The summed E-state index contributed by atoms with van der Waals surface area (Å²) in [5, 5.41) is 1.70. The first-order chi connectivity index (χ1) is 15.4. The fourth-order valence-corrected chi connectivity index (χ4v) is 5.76. The number of ether oxygens (including phenoxy) is 1. The zero-order chi connectivity index (χ0) is 24.2. The van der Waals surface area contributed by atoms with Gasteiger partial charge < -0.3 is 14.5 Å². The molecule has 1 aliphatic rings. The molecule has 8 nitrogen and oxygen atoms in total. The fourth-order valence-electron chi connectivity index (χ4n) is 3.72. The third-order valence-corrected chi connectivity index (χ3v) is 7.94. The average molecular weight is 494 g/mol. The summed E-state index contributed by atoms with van der Waals surface area (Å²) in [6, 6.07) is 9.73. The summed E-state index contributed by atoms with van der Waals surface area (Å²) in [6.07, 6.45) is 1.37. The minimum Gasteiger partial charge on any atom is -0.444 e. The molecule has 1 aromatic heterocycles. The first-order valence-electron chi connectivity index (χ1n) is 10.8. The van der Waals surface area contributed by atoms with Gasteiger partial charge in [0.05, 0.1) is 0 Å². The van der Waals surface area contributed by atoms with Gasteiger partial charge in [-0.2, -0.15) is 0 Å². The number of rotatable bonds is 6. The Bertz CT molecular complexity index is 1080. The zero-order valence-corrected chi connectivity index (χ0v) is 21.0. The van der Waals surface area contributed by atoms with Gasteiger partial charge in [-0.05, 0) is 69.2 Å². The van der Waals surface area contributed by atoms with Gasteiger partial charge in [0.25, 0.3) is 15.9 Å². The number of benzene rings is 1. The van der Waals surface area contributed by atoms with Crippen LogP contribution < -0.4 is 4.72 Å². The minimum atomic E-state index is -3.69. The standard InChI is InChI=1S/C23H31N3O5S2/c1-23(2,3)31-22(28)25(4)15-17-8-6-12-26(16-17)21(27)18-9-5-10-19(14-18)24-33(29,30)20-11-7-13-32-20/h5,7,9-11,13-14,17,24H,6,8,12,15-16H2,1-4H3. The van der Waals surface area contributed by atoms with Crippen molar-refractivity contribution in [3.63, 3.8) is 0 Å². The van der Waals surface area contributed by atoms with E-state index in [0.717, 1.165) is 24.2 Å². The third kappa shape index (κ3) is 6.94. The van der Waals surface area contributed by atoms with Crippen molar-refractivity contribution >= 4 is 39.0 Å². The summed E-state index contributed by atoms with van der Waals surface area (Å²) in [5.74, 6) is -0.0162. The van der Waals surface area contributed by atoms with E-state index in [2.05, 4.69) is 4.72 Å². The second kappa shape index (κ2) is 10.1. The summed E-state index contributed by atoms with van der Waals surface area (Å²) in [4.78, 5) is 28.7. The number of nitrogens with zero attached hydrogens (tertiary/aromatic N) is 2. The number of anilines is 1. The average Bonchev–Trinajstić information content (AvgIpc) is 3.28. The van der Waals surface area contributed by atoms with Crippen molar-refractivity contribution in [3.05, 3.63) is 47.3 Å². The number of thiophene rings is 1. The lowest BCUT2D eigenvalue weighted by molar-refractivity contribution is 0.0244. The third-order valence-electron chi connectivity index (χ3n) is 5.17. The second-order valence-electron chi connectivity index (χ2n) is 9.24. The summed E-state index contributed by atoms with van der Waals surface area (Å²) >= 11 is 1.13. The van der Waals surface area contributed by atoms with Gasteiger partial charge in [0.15, 0.2) is 0 Å². The number of carbonyl (C=O) groups excluding carboxylic acids is 2. The topological polar surface area (TPSA) is 96.0 Å². The number of likely N-dealkylation sites (tertiary alicyclic amines) is 1. The van der Waals surface area contributed by atoms with Crippen LogP contribution in [-0.2, 0) is 14.8 Å². The molecule has 3 rings (SSSR count). The first-order valence-corrected chi connectivity index (χ1v) is 13.2. The van der Waals surface area contributed by atoms with Crippen molar-refractivity contribution in [1.29, 1.82) is 0 Å². The van der Waals surface area contributed by atoms with Gasteiger partial charge in [-0.15, -0.1) is 11.3 Å². The molecule has 0 aliphatic carbocycles. The van der Waals surface area contributed by atoms with Crippen LogP contribution in [-0.4, -0.2) is 62.5 Å². The lowest BCUT2D eigenvalue weighted by Gasteiger charge is -2.35. The molecule has 180 valence electrons. The SMILES string of the molecule is CN(CC1CCCN(C(=O)c2cccc(NS(=O)(=O)c3cccs3)c2)C1)C(=O)OC(C)(C)C. The van der Waals surface area contributed by atoms with Crippen molar-refractivity contribution in [1.82, 2.24) is 9.80 Å².